The maximum Gasteiger partial charge on any atom is 0.298 e. The lowest BCUT2D eigenvalue weighted by Crippen LogP contribution is -2.47. The van der Waals surface area contributed by atoms with Gasteiger partial charge in [-0.25, -0.2) is 0 Å². The number of rotatable bonds is 5. The van der Waals surface area contributed by atoms with Crippen molar-refractivity contribution in [3.8, 4) is 23.3 Å². The first-order chi connectivity index (χ1) is 11.2. The van der Waals surface area contributed by atoms with Crippen LogP contribution in [-0.4, -0.2) is 55.6 Å². The molecule has 2 rings (SSSR count). The largest absolute Gasteiger partial charge is 0.493 e. The van der Waals surface area contributed by atoms with Gasteiger partial charge >= 0.3 is 0 Å². The summed E-state index contributed by atoms with van der Waals surface area (Å²) in [7, 11) is 1.65. The highest BCUT2D eigenvalue weighted by Gasteiger charge is 2.20. The standard InChI is InChI=1S/C18H24N2O3/c1-4-6-18(21)20-11-9-19(10-12-20)14-15-7-8-16(23-5-2)17(13-15)22-3/h7-8,13H,5,9-12,14H2,1-3H3. The number of carbonyl (C=O) groups is 1. The van der Waals surface area contributed by atoms with Gasteiger partial charge in [-0.05, 0) is 37.5 Å². The smallest absolute Gasteiger partial charge is 0.298 e. The summed E-state index contributed by atoms with van der Waals surface area (Å²) in [5.41, 5.74) is 1.18. The summed E-state index contributed by atoms with van der Waals surface area (Å²) < 4.78 is 10.9. The number of methoxy groups -OCH3 is 1. The van der Waals surface area contributed by atoms with E-state index in [4.69, 9.17) is 9.47 Å². The zero-order chi connectivity index (χ0) is 16.7. The molecular weight excluding hydrogens is 292 g/mol. The predicted octanol–water partition coefficient (Wildman–Crippen LogP) is 1.76. The minimum absolute atomic E-state index is 0.0742. The molecule has 0 N–H and O–H groups in total. The number of amides is 1. The van der Waals surface area contributed by atoms with Gasteiger partial charge in [-0.2, -0.15) is 0 Å². The molecule has 5 nitrogen and oxygen atoms in total. The monoisotopic (exact) mass is 316 g/mol. The molecule has 0 radical (unpaired) electrons. The second-order valence-electron chi connectivity index (χ2n) is 5.36. The molecule has 1 aromatic carbocycles. The normalized spacial score (nSPS) is 14.8. The van der Waals surface area contributed by atoms with Gasteiger partial charge in [-0.1, -0.05) is 12.0 Å². The lowest BCUT2D eigenvalue weighted by Gasteiger charge is -2.33. The zero-order valence-electron chi connectivity index (χ0n) is 14.1. The summed E-state index contributed by atoms with van der Waals surface area (Å²) in [4.78, 5) is 15.9. The van der Waals surface area contributed by atoms with Crippen molar-refractivity contribution >= 4 is 5.91 Å². The van der Waals surface area contributed by atoms with Gasteiger partial charge in [0, 0.05) is 32.7 Å². The van der Waals surface area contributed by atoms with E-state index in [9.17, 15) is 4.79 Å². The van der Waals surface area contributed by atoms with Crippen molar-refractivity contribution in [2.24, 2.45) is 0 Å². The summed E-state index contributed by atoms with van der Waals surface area (Å²) in [6.07, 6.45) is 0. The molecule has 0 bridgehead atoms. The lowest BCUT2D eigenvalue weighted by molar-refractivity contribution is -0.126. The molecule has 1 aromatic rings. The first-order valence-electron chi connectivity index (χ1n) is 7.91. The summed E-state index contributed by atoms with van der Waals surface area (Å²) in [6.45, 7) is 8.25. The predicted molar refractivity (Wildman–Crippen MR) is 89.5 cm³/mol. The van der Waals surface area contributed by atoms with E-state index >= 15 is 0 Å². The topological polar surface area (TPSA) is 42.0 Å². The first-order valence-corrected chi connectivity index (χ1v) is 7.91. The van der Waals surface area contributed by atoms with E-state index in [-0.39, 0.29) is 5.91 Å². The molecular formula is C18H24N2O3. The molecule has 0 spiro atoms. The maximum atomic E-state index is 11.7. The van der Waals surface area contributed by atoms with Gasteiger partial charge in [0.05, 0.1) is 13.7 Å². The van der Waals surface area contributed by atoms with Gasteiger partial charge in [0.25, 0.3) is 5.91 Å². The fourth-order valence-electron chi connectivity index (χ4n) is 2.64. The second kappa shape index (κ2) is 8.44. The Bertz CT molecular complexity index is 596. The number of nitrogens with zero attached hydrogens (tertiary/aromatic N) is 2. The van der Waals surface area contributed by atoms with E-state index in [0.29, 0.717) is 6.61 Å². The molecule has 1 fully saturated rings. The first kappa shape index (κ1) is 17.2. The highest BCUT2D eigenvalue weighted by molar-refractivity contribution is 5.93. The van der Waals surface area contributed by atoms with Crippen molar-refractivity contribution in [2.45, 2.75) is 20.4 Å². The summed E-state index contributed by atoms with van der Waals surface area (Å²) >= 11 is 0. The number of carbonyl (C=O) groups excluding carboxylic acids is 1. The van der Waals surface area contributed by atoms with Crippen LogP contribution in [0.4, 0.5) is 0 Å². The molecule has 5 heteroatoms. The molecule has 0 aliphatic carbocycles. The van der Waals surface area contributed by atoms with Gasteiger partial charge in [-0.15, -0.1) is 0 Å². The second-order valence-corrected chi connectivity index (χ2v) is 5.36. The van der Waals surface area contributed by atoms with Crippen LogP contribution in [0.25, 0.3) is 0 Å². The molecule has 0 unspecified atom stereocenters. The van der Waals surface area contributed by atoms with Crippen LogP contribution in [0.15, 0.2) is 18.2 Å². The van der Waals surface area contributed by atoms with Crippen molar-refractivity contribution in [3.63, 3.8) is 0 Å². The average Bonchev–Trinajstić information content (AvgIpc) is 2.57. The number of ether oxygens (including phenoxy) is 2. The third kappa shape index (κ3) is 4.64. The zero-order valence-corrected chi connectivity index (χ0v) is 14.1. The molecule has 0 aromatic heterocycles. The Kier molecular flexibility index (Phi) is 6.30. The Hall–Kier alpha value is -2.19. The molecule has 23 heavy (non-hydrogen) atoms. The van der Waals surface area contributed by atoms with Crippen molar-refractivity contribution in [2.75, 3.05) is 39.9 Å². The van der Waals surface area contributed by atoms with Gasteiger partial charge < -0.3 is 14.4 Å². The minimum Gasteiger partial charge on any atom is -0.493 e. The number of hydrogen-bond donors (Lipinski definition) is 0. The van der Waals surface area contributed by atoms with Crippen LogP contribution in [0.5, 0.6) is 11.5 Å². The Labute approximate surface area is 138 Å². The van der Waals surface area contributed by atoms with Crippen LogP contribution in [0.3, 0.4) is 0 Å². The molecule has 1 heterocycles. The van der Waals surface area contributed by atoms with E-state index in [1.165, 1.54) is 5.56 Å². The van der Waals surface area contributed by atoms with Gasteiger partial charge in [0.1, 0.15) is 0 Å². The Morgan fingerprint density at radius 3 is 2.57 bits per heavy atom. The maximum absolute atomic E-state index is 11.7. The highest BCUT2D eigenvalue weighted by atomic mass is 16.5. The fraction of sp³-hybridized carbons (Fsp3) is 0.500. The van der Waals surface area contributed by atoms with Crippen molar-refractivity contribution < 1.29 is 14.3 Å². The van der Waals surface area contributed by atoms with Crippen LogP contribution in [-0.2, 0) is 11.3 Å². The SMILES string of the molecule is CC#CC(=O)N1CCN(Cc2ccc(OCC)c(OC)c2)CC1. The average molecular weight is 316 g/mol. The van der Waals surface area contributed by atoms with Crippen molar-refractivity contribution in [1.29, 1.82) is 0 Å². The number of piperazine rings is 1. The van der Waals surface area contributed by atoms with E-state index in [1.807, 2.05) is 24.0 Å². The van der Waals surface area contributed by atoms with Crippen LogP contribution >= 0.6 is 0 Å². The third-order valence-corrected chi connectivity index (χ3v) is 3.83. The number of benzene rings is 1. The third-order valence-electron chi connectivity index (χ3n) is 3.83. The summed E-state index contributed by atoms with van der Waals surface area (Å²) in [5, 5.41) is 0. The molecule has 0 saturated carbocycles. The molecule has 0 atom stereocenters. The Balaban J connectivity index is 1.93. The summed E-state index contributed by atoms with van der Waals surface area (Å²) in [5.74, 6) is 6.72. The minimum atomic E-state index is -0.0742. The van der Waals surface area contributed by atoms with Gasteiger partial charge in [-0.3, -0.25) is 9.69 Å². The summed E-state index contributed by atoms with van der Waals surface area (Å²) in [6, 6.07) is 6.03. The molecule has 1 aliphatic heterocycles. The van der Waals surface area contributed by atoms with E-state index in [0.717, 1.165) is 44.2 Å². The van der Waals surface area contributed by atoms with Gasteiger partial charge in [0.15, 0.2) is 11.5 Å². The molecule has 1 amide bonds. The number of hydrogen-bond acceptors (Lipinski definition) is 4. The fourth-order valence-corrected chi connectivity index (χ4v) is 2.64. The molecule has 1 saturated heterocycles. The van der Waals surface area contributed by atoms with Crippen molar-refractivity contribution in [3.05, 3.63) is 23.8 Å². The van der Waals surface area contributed by atoms with E-state index in [1.54, 1.807) is 14.0 Å². The van der Waals surface area contributed by atoms with E-state index in [2.05, 4.69) is 22.8 Å². The highest BCUT2D eigenvalue weighted by Crippen LogP contribution is 2.28. The van der Waals surface area contributed by atoms with Crippen molar-refractivity contribution in [1.82, 2.24) is 9.80 Å². The van der Waals surface area contributed by atoms with E-state index < -0.39 is 0 Å². The Morgan fingerprint density at radius 1 is 1.22 bits per heavy atom. The van der Waals surface area contributed by atoms with Crippen LogP contribution in [0, 0.1) is 11.8 Å². The molecule has 124 valence electrons. The quantitative estimate of drug-likeness (QED) is 0.776. The Morgan fingerprint density at radius 2 is 1.96 bits per heavy atom. The van der Waals surface area contributed by atoms with Crippen LogP contribution in [0.1, 0.15) is 19.4 Å². The van der Waals surface area contributed by atoms with Crippen LogP contribution in [0.2, 0.25) is 0 Å². The van der Waals surface area contributed by atoms with Crippen LogP contribution < -0.4 is 9.47 Å². The lowest BCUT2D eigenvalue weighted by atomic mass is 10.1. The molecule has 1 aliphatic rings. The van der Waals surface area contributed by atoms with Gasteiger partial charge in [0.2, 0.25) is 0 Å².